The summed E-state index contributed by atoms with van der Waals surface area (Å²) >= 11 is 3.33. The Labute approximate surface area is 121 Å². The highest BCUT2D eigenvalue weighted by atomic mass is 79.9. The molecule has 2 heterocycles. The number of aliphatic hydroxyl groups is 1. The zero-order valence-electron chi connectivity index (χ0n) is 11.2. The van der Waals surface area contributed by atoms with Crippen LogP contribution in [0.1, 0.15) is 25.5 Å². The predicted octanol–water partition coefficient (Wildman–Crippen LogP) is 2.37. The summed E-state index contributed by atoms with van der Waals surface area (Å²) in [5, 5.41) is 12.1. The van der Waals surface area contributed by atoms with Gasteiger partial charge in [-0.25, -0.2) is 0 Å². The lowest BCUT2D eigenvalue weighted by Gasteiger charge is -1.97. The number of oxime groups is 1. The zero-order chi connectivity index (χ0) is 14.1. The fourth-order valence-corrected chi connectivity index (χ4v) is 1.64. The van der Waals surface area contributed by atoms with E-state index in [0.717, 1.165) is 28.7 Å². The number of ether oxygens (including phenoxy) is 1. The Morgan fingerprint density at radius 1 is 1.53 bits per heavy atom. The topological polar surface area (TPSA) is 63.9 Å². The average Bonchev–Trinajstić information content (AvgIpc) is 2.84. The molecule has 6 heteroatoms. The van der Waals surface area contributed by atoms with E-state index in [1.165, 1.54) is 0 Å². The summed E-state index contributed by atoms with van der Waals surface area (Å²) in [5.74, 6) is 0. The van der Waals surface area contributed by atoms with Crippen LogP contribution in [0.15, 0.2) is 28.0 Å². The summed E-state index contributed by atoms with van der Waals surface area (Å²) in [6.07, 6.45) is 3.53. The van der Waals surface area contributed by atoms with Gasteiger partial charge in [-0.3, -0.25) is 4.98 Å². The van der Waals surface area contributed by atoms with Crippen molar-refractivity contribution in [3.8, 4) is 0 Å². The van der Waals surface area contributed by atoms with Gasteiger partial charge < -0.3 is 14.7 Å². The molecule has 0 spiro atoms. The molecule has 19 heavy (non-hydrogen) atoms. The van der Waals surface area contributed by atoms with Crippen molar-refractivity contribution in [2.24, 2.45) is 5.16 Å². The largest absolute Gasteiger partial charge is 0.396 e. The van der Waals surface area contributed by atoms with Gasteiger partial charge in [0.2, 0.25) is 0 Å². The highest BCUT2D eigenvalue weighted by Crippen LogP contribution is 2.15. The number of rotatable bonds is 4. The molecule has 1 aromatic rings. The number of hydrogen-bond donors (Lipinski definition) is 1. The third kappa shape index (κ3) is 6.13. The van der Waals surface area contributed by atoms with Gasteiger partial charge in [0, 0.05) is 37.4 Å². The van der Waals surface area contributed by atoms with Gasteiger partial charge in [0.25, 0.3) is 0 Å². The summed E-state index contributed by atoms with van der Waals surface area (Å²) in [5.41, 5.74) is 1.83. The van der Waals surface area contributed by atoms with E-state index in [0.29, 0.717) is 6.61 Å². The summed E-state index contributed by atoms with van der Waals surface area (Å²) in [6.45, 7) is 2.89. The Morgan fingerprint density at radius 2 is 2.32 bits per heavy atom. The van der Waals surface area contributed by atoms with Crippen LogP contribution < -0.4 is 0 Å². The van der Waals surface area contributed by atoms with Crippen LogP contribution in [0.25, 0.3) is 0 Å². The van der Waals surface area contributed by atoms with Gasteiger partial charge in [-0.15, -0.1) is 0 Å². The van der Waals surface area contributed by atoms with E-state index < -0.39 is 0 Å². The molecule has 1 aliphatic rings. The Hall–Kier alpha value is -0.980. The second kappa shape index (κ2) is 9.01. The molecule has 1 atom stereocenters. The minimum Gasteiger partial charge on any atom is -0.396 e. The van der Waals surface area contributed by atoms with E-state index in [-0.39, 0.29) is 12.7 Å². The van der Waals surface area contributed by atoms with Crippen molar-refractivity contribution in [1.82, 2.24) is 4.98 Å². The van der Waals surface area contributed by atoms with Crippen LogP contribution in [0.2, 0.25) is 0 Å². The van der Waals surface area contributed by atoms with Crippen LogP contribution >= 0.6 is 15.9 Å². The number of halogens is 1. The molecule has 2 rings (SSSR count). The predicted molar refractivity (Wildman–Crippen MR) is 77.2 cm³/mol. The molecule has 0 radical (unpaired) electrons. The van der Waals surface area contributed by atoms with Gasteiger partial charge >= 0.3 is 0 Å². The lowest BCUT2D eigenvalue weighted by atomic mass is 10.1. The van der Waals surface area contributed by atoms with Crippen molar-refractivity contribution >= 4 is 21.6 Å². The molecule has 1 unspecified atom stereocenters. The van der Waals surface area contributed by atoms with Gasteiger partial charge in [-0.1, -0.05) is 5.16 Å². The molecule has 1 N–H and O–H groups in total. The molecule has 5 nitrogen and oxygen atoms in total. The normalized spacial score (nSPS) is 17.3. The van der Waals surface area contributed by atoms with Crippen molar-refractivity contribution in [3.05, 3.63) is 28.5 Å². The van der Waals surface area contributed by atoms with Crippen molar-refractivity contribution in [1.29, 1.82) is 0 Å². The standard InChI is InChI=1S/C9H9BrN2O.C4H10O2/c1-6-4-9(12-13-6)8-3-2-7(10)5-11-8;1-6-4-2-3-5/h2-3,5-6H,4H2,1H3;5H,2-4H2,1H3. The number of pyridine rings is 1. The first-order chi connectivity index (χ1) is 9.17. The molecule has 0 bridgehead atoms. The summed E-state index contributed by atoms with van der Waals surface area (Å²) in [7, 11) is 1.62. The van der Waals surface area contributed by atoms with Gasteiger partial charge in [-0.05, 0) is 41.4 Å². The lowest BCUT2D eigenvalue weighted by Crippen LogP contribution is -2.04. The second-order valence-corrected chi connectivity index (χ2v) is 5.01. The number of aromatic nitrogens is 1. The highest BCUT2D eigenvalue weighted by Gasteiger charge is 2.18. The Morgan fingerprint density at radius 3 is 2.74 bits per heavy atom. The molecule has 0 amide bonds. The molecular formula is C13H19BrN2O3. The van der Waals surface area contributed by atoms with Crippen molar-refractivity contribution in [3.63, 3.8) is 0 Å². The molecule has 0 saturated carbocycles. The van der Waals surface area contributed by atoms with E-state index in [4.69, 9.17) is 9.94 Å². The van der Waals surface area contributed by atoms with Crippen LogP contribution in [0, 0.1) is 0 Å². The summed E-state index contributed by atoms with van der Waals surface area (Å²) < 4.78 is 5.60. The number of aliphatic hydroxyl groups excluding tert-OH is 1. The molecule has 0 aromatic carbocycles. The van der Waals surface area contributed by atoms with E-state index >= 15 is 0 Å². The number of nitrogens with zero attached hydrogens (tertiary/aromatic N) is 2. The maximum atomic E-state index is 8.12. The number of hydrogen-bond acceptors (Lipinski definition) is 5. The smallest absolute Gasteiger partial charge is 0.130 e. The van der Waals surface area contributed by atoms with Gasteiger partial charge in [0.1, 0.15) is 11.8 Å². The van der Waals surface area contributed by atoms with E-state index in [2.05, 4.69) is 30.8 Å². The first-order valence-electron chi connectivity index (χ1n) is 6.11. The number of methoxy groups -OCH3 is 1. The van der Waals surface area contributed by atoms with Crippen LogP contribution in [0.3, 0.4) is 0 Å². The molecule has 0 fully saturated rings. The van der Waals surface area contributed by atoms with Crippen LogP contribution in [-0.2, 0) is 9.57 Å². The van der Waals surface area contributed by atoms with E-state index in [1.54, 1.807) is 13.3 Å². The SMILES string of the molecule is CC1CC(c2ccc(Br)cn2)=NO1.COCCCO. The lowest BCUT2D eigenvalue weighted by molar-refractivity contribution is 0.0995. The zero-order valence-corrected chi connectivity index (χ0v) is 12.8. The molecule has 1 aliphatic heterocycles. The van der Waals surface area contributed by atoms with Crippen LogP contribution in [0.4, 0.5) is 0 Å². The first-order valence-corrected chi connectivity index (χ1v) is 6.91. The van der Waals surface area contributed by atoms with Crippen LogP contribution in [-0.4, -0.2) is 42.2 Å². The molecule has 1 aromatic heterocycles. The van der Waals surface area contributed by atoms with E-state index in [9.17, 15) is 0 Å². The minimum atomic E-state index is 0.181. The Kier molecular flexibility index (Phi) is 7.62. The third-order valence-electron chi connectivity index (χ3n) is 2.35. The summed E-state index contributed by atoms with van der Waals surface area (Å²) in [4.78, 5) is 9.32. The average molecular weight is 331 g/mol. The third-order valence-corrected chi connectivity index (χ3v) is 2.82. The monoisotopic (exact) mass is 330 g/mol. The van der Waals surface area contributed by atoms with Crippen LogP contribution in [0.5, 0.6) is 0 Å². The maximum absolute atomic E-state index is 8.12. The fourth-order valence-electron chi connectivity index (χ4n) is 1.41. The minimum absolute atomic E-state index is 0.181. The first kappa shape index (κ1) is 16.1. The molecule has 106 valence electrons. The summed E-state index contributed by atoms with van der Waals surface area (Å²) in [6, 6.07) is 3.89. The fraction of sp³-hybridized carbons (Fsp3) is 0.538. The van der Waals surface area contributed by atoms with Crippen molar-refractivity contribution < 1.29 is 14.7 Å². The van der Waals surface area contributed by atoms with Gasteiger partial charge in [-0.2, -0.15) is 0 Å². The van der Waals surface area contributed by atoms with Gasteiger partial charge in [0.15, 0.2) is 0 Å². The quantitative estimate of drug-likeness (QED) is 0.861. The Balaban J connectivity index is 0.000000258. The highest BCUT2D eigenvalue weighted by molar-refractivity contribution is 9.10. The molecule has 0 aliphatic carbocycles. The van der Waals surface area contributed by atoms with Gasteiger partial charge in [0.05, 0.1) is 5.69 Å². The van der Waals surface area contributed by atoms with E-state index in [1.807, 2.05) is 19.1 Å². The Bertz CT molecular complexity index is 391. The van der Waals surface area contributed by atoms with Crippen molar-refractivity contribution in [2.75, 3.05) is 20.3 Å². The maximum Gasteiger partial charge on any atom is 0.130 e. The second-order valence-electron chi connectivity index (χ2n) is 4.09. The molecular weight excluding hydrogens is 312 g/mol. The van der Waals surface area contributed by atoms with Crippen molar-refractivity contribution in [2.45, 2.75) is 25.9 Å². The molecule has 0 saturated heterocycles.